The SMILES string of the molecule is CCNC1CCN(C(C)COCC)C(C)C1C. The van der Waals surface area contributed by atoms with E-state index in [0.29, 0.717) is 24.0 Å². The van der Waals surface area contributed by atoms with Gasteiger partial charge in [-0.25, -0.2) is 0 Å². The summed E-state index contributed by atoms with van der Waals surface area (Å²) in [5, 5.41) is 3.61. The molecule has 1 rings (SSSR count). The molecule has 0 spiro atoms. The third-order valence-electron chi connectivity index (χ3n) is 4.21. The van der Waals surface area contributed by atoms with E-state index in [-0.39, 0.29) is 0 Å². The highest BCUT2D eigenvalue weighted by Gasteiger charge is 2.33. The topological polar surface area (TPSA) is 24.5 Å². The van der Waals surface area contributed by atoms with E-state index in [1.54, 1.807) is 0 Å². The zero-order valence-corrected chi connectivity index (χ0v) is 12.2. The summed E-state index contributed by atoms with van der Waals surface area (Å²) in [4.78, 5) is 2.61. The number of hydrogen-bond donors (Lipinski definition) is 1. The molecule has 102 valence electrons. The standard InChI is InChI=1S/C14H30N2O/c1-6-15-14-8-9-16(13(5)12(14)4)11(3)10-17-7-2/h11-15H,6-10H2,1-5H3. The Bertz CT molecular complexity index is 210. The van der Waals surface area contributed by atoms with Gasteiger partial charge in [0.1, 0.15) is 0 Å². The molecule has 1 fully saturated rings. The van der Waals surface area contributed by atoms with Crippen molar-refractivity contribution in [1.82, 2.24) is 10.2 Å². The average Bonchev–Trinajstić information content (AvgIpc) is 2.32. The quantitative estimate of drug-likeness (QED) is 0.772. The van der Waals surface area contributed by atoms with Crippen LogP contribution in [0.2, 0.25) is 0 Å². The van der Waals surface area contributed by atoms with Crippen molar-refractivity contribution in [3.8, 4) is 0 Å². The molecule has 1 saturated heterocycles. The lowest BCUT2D eigenvalue weighted by molar-refractivity contribution is 0.00987. The normalized spacial score (nSPS) is 32.6. The van der Waals surface area contributed by atoms with Gasteiger partial charge in [-0.1, -0.05) is 13.8 Å². The van der Waals surface area contributed by atoms with E-state index in [1.807, 2.05) is 0 Å². The van der Waals surface area contributed by atoms with E-state index in [9.17, 15) is 0 Å². The molecule has 1 aliphatic rings. The number of nitrogens with zero attached hydrogens (tertiary/aromatic N) is 1. The predicted molar refractivity (Wildman–Crippen MR) is 73.4 cm³/mol. The first kappa shape index (κ1) is 14.9. The van der Waals surface area contributed by atoms with Gasteiger partial charge in [0.15, 0.2) is 0 Å². The Labute approximate surface area is 107 Å². The van der Waals surface area contributed by atoms with Crippen molar-refractivity contribution >= 4 is 0 Å². The molecule has 0 bridgehead atoms. The summed E-state index contributed by atoms with van der Waals surface area (Å²) >= 11 is 0. The number of rotatable bonds is 6. The summed E-state index contributed by atoms with van der Waals surface area (Å²) in [7, 11) is 0. The van der Waals surface area contributed by atoms with Gasteiger partial charge in [-0.15, -0.1) is 0 Å². The molecule has 0 amide bonds. The molecule has 1 aliphatic heterocycles. The number of nitrogens with one attached hydrogen (secondary N) is 1. The minimum absolute atomic E-state index is 0.537. The molecule has 0 aliphatic carbocycles. The van der Waals surface area contributed by atoms with Crippen molar-refractivity contribution < 1.29 is 4.74 Å². The van der Waals surface area contributed by atoms with E-state index < -0.39 is 0 Å². The second-order valence-electron chi connectivity index (χ2n) is 5.30. The second kappa shape index (κ2) is 7.34. The molecular weight excluding hydrogens is 212 g/mol. The number of piperidine rings is 1. The predicted octanol–water partition coefficient (Wildman–Crippen LogP) is 2.12. The largest absolute Gasteiger partial charge is 0.380 e. The highest BCUT2D eigenvalue weighted by atomic mass is 16.5. The molecule has 4 atom stereocenters. The van der Waals surface area contributed by atoms with E-state index in [4.69, 9.17) is 4.74 Å². The first-order valence-corrected chi connectivity index (χ1v) is 7.18. The van der Waals surface area contributed by atoms with Gasteiger partial charge in [0.25, 0.3) is 0 Å². The van der Waals surface area contributed by atoms with Gasteiger partial charge in [-0.2, -0.15) is 0 Å². The maximum atomic E-state index is 5.55. The maximum Gasteiger partial charge on any atom is 0.0619 e. The van der Waals surface area contributed by atoms with Crippen LogP contribution in [0.15, 0.2) is 0 Å². The Morgan fingerprint density at radius 2 is 2.06 bits per heavy atom. The lowest BCUT2D eigenvalue weighted by atomic mass is 9.86. The summed E-state index contributed by atoms with van der Waals surface area (Å²) in [5.41, 5.74) is 0. The molecule has 1 heterocycles. The molecule has 0 saturated carbocycles. The lowest BCUT2D eigenvalue weighted by Crippen LogP contribution is -2.56. The Hall–Kier alpha value is -0.120. The van der Waals surface area contributed by atoms with Crippen LogP contribution in [0.25, 0.3) is 0 Å². The fourth-order valence-electron chi connectivity index (χ4n) is 2.95. The summed E-state index contributed by atoms with van der Waals surface area (Å²) in [6.45, 7) is 15.2. The van der Waals surface area contributed by atoms with Crippen LogP contribution in [0, 0.1) is 5.92 Å². The molecular formula is C14H30N2O. The average molecular weight is 242 g/mol. The summed E-state index contributed by atoms with van der Waals surface area (Å²) in [5.74, 6) is 0.716. The molecule has 3 nitrogen and oxygen atoms in total. The summed E-state index contributed by atoms with van der Waals surface area (Å²) in [6, 6.07) is 1.86. The van der Waals surface area contributed by atoms with Crippen LogP contribution < -0.4 is 5.32 Å². The zero-order chi connectivity index (χ0) is 12.8. The Morgan fingerprint density at radius 3 is 2.65 bits per heavy atom. The third-order valence-corrected chi connectivity index (χ3v) is 4.21. The monoisotopic (exact) mass is 242 g/mol. The van der Waals surface area contributed by atoms with Crippen molar-refractivity contribution in [3.05, 3.63) is 0 Å². The summed E-state index contributed by atoms with van der Waals surface area (Å²) in [6.07, 6.45) is 1.26. The van der Waals surface area contributed by atoms with Crippen molar-refractivity contribution in [2.24, 2.45) is 5.92 Å². The molecule has 0 aromatic heterocycles. The van der Waals surface area contributed by atoms with Crippen LogP contribution in [0.5, 0.6) is 0 Å². The number of hydrogen-bond acceptors (Lipinski definition) is 3. The minimum Gasteiger partial charge on any atom is -0.380 e. The highest BCUT2D eigenvalue weighted by molar-refractivity contribution is 4.90. The van der Waals surface area contributed by atoms with Crippen LogP contribution >= 0.6 is 0 Å². The Balaban J connectivity index is 2.49. The first-order chi connectivity index (χ1) is 8.11. The first-order valence-electron chi connectivity index (χ1n) is 7.18. The van der Waals surface area contributed by atoms with Crippen molar-refractivity contribution in [2.75, 3.05) is 26.3 Å². The Morgan fingerprint density at radius 1 is 1.35 bits per heavy atom. The van der Waals surface area contributed by atoms with Crippen LogP contribution in [-0.2, 0) is 4.74 Å². The Kier molecular flexibility index (Phi) is 6.45. The van der Waals surface area contributed by atoms with E-state index in [0.717, 1.165) is 19.8 Å². The van der Waals surface area contributed by atoms with Crippen molar-refractivity contribution in [2.45, 2.75) is 59.2 Å². The van der Waals surface area contributed by atoms with Crippen LogP contribution in [0.1, 0.15) is 41.0 Å². The molecule has 4 unspecified atom stereocenters. The van der Waals surface area contributed by atoms with Crippen LogP contribution in [0.3, 0.4) is 0 Å². The van der Waals surface area contributed by atoms with Gasteiger partial charge < -0.3 is 10.1 Å². The zero-order valence-electron chi connectivity index (χ0n) is 12.2. The van der Waals surface area contributed by atoms with Gasteiger partial charge >= 0.3 is 0 Å². The minimum atomic E-state index is 0.537. The van der Waals surface area contributed by atoms with E-state index >= 15 is 0 Å². The molecule has 0 radical (unpaired) electrons. The highest BCUT2D eigenvalue weighted by Crippen LogP contribution is 2.25. The van der Waals surface area contributed by atoms with Gasteiger partial charge in [0.05, 0.1) is 6.61 Å². The third kappa shape index (κ3) is 3.94. The van der Waals surface area contributed by atoms with Crippen molar-refractivity contribution in [3.63, 3.8) is 0 Å². The van der Waals surface area contributed by atoms with Crippen LogP contribution in [0.4, 0.5) is 0 Å². The fourth-order valence-corrected chi connectivity index (χ4v) is 2.95. The van der Waals surface area contributed by atoms with Gasteiger partial charge in [0, 0.05) is 31.3 Å². The van der Waals surface area contributed by atoms with E-state index in [2.05, 4.69) is 44.8 Å². The molecule has 3 heteroatoms. The van der Waals surface area contributed by atoms with Gasteiger partial charge in [-0.05, 0) is 39.7 Å². The maximum absolute atomic E-state index is 5.55. The molecule has 17 heavy (non-hydrogen) atoms. The molecule has 0 aromatic rings. The smallest absolute Gasteiger partial charge is 0.0619 e. The fraction of sp³-hybridized carbons (Fsp3) is 1.00. The second-order valence-corrected chi connectivity index (χ2v) is 5.30. The van der Waals surface area contributed by atoms with Crippen molar-refractivity contribution in [1.29, 1.82) is 0 Å². The lowest BCUT2D eigenvalue weighted by Gasteiger charge is -2.45. The summed E-state index contributed by atoms with van der Waals surface area (Å²) < 4.78 is 5.55. The van der Waals surface area contributed by atoms with Gasteiger partial charge in [-0.3, -0.25) is 4.90 Å². The number of ether oxygens (including phenoxy) is 1. The molecule has 0 aromatic carbocycles. The molecule has 1 N–H and O–H groups in total. The van der Waals surface area contributed by atoms with Crippen LogP contribution in [-0.4, -0.2) is 49.3 Å². The van der Waals surface area contributed by atoms with E-state index in [1.165, 1.54) is 13.0 Å². The number of likely N-dealkylation sites (tertiary alicyclic amines) is 1. The van der Waals surface area contributed by atoms with Gasteiger partial charge in [0.2, 0.25) is 0 Å².